The first-order valence-corrected chi connectivity index (χ1v) is 6.33. The van der Waals surface area contributed by atoms with Crippen molar-refractivity contribution in [3.05, 3.63) is 29.3 Å². The number of imide groups is 1. The van der Waals surface area contributed by atoms with Gasteiger partial charge in [-0.3, -0.25) is 4.79 Å². The molecule has 3 amide bonds. The van der Waals surface area contributed by atoms with Crippen molar-refractivity contribution in [2.24, 2.45) is 5.92 Å². The smallest absolute Gasteiger partial charge is 0.323 e. The number of amides is 3. The third-order valence-electron chi connectivity index (χ3n) is 3.70. The van der Waals surface area contributed by atoms with Crippen LogP contribution in [0, 0.1) is 5.92 Å². The highest BCUT2D eigenvalue weighted by Crippen LogP contribution is 2.44. The molecule has 1 aromatic carbocycles. The second kappa shape index (κ2) is 3.72. The molecule has 2 aliphatic rings. The van der Waals surface area contributed by atoms with Crippen LogP contribution in [0.25, 0.3) is 0 Å². The van der Waals surface area contributed by atoms with E-state index in [0.717, 1.165) is 17.7 Å². The summed E-state index contributed by atoms with van der Waals surface area (Å²) in [6.07, 6.45) is 1.97. The van der Waals surface area contributed by atoms with Crippen LogP contribution in [-0.2, 0) is 4.79 Å². The number of benzene rings is 1. The Morgan fingerprint density at radius 2 is 2.00 bits per heavy atom. The van der Waals surface area contributed by atoms with Gasteiger partial charge >= 0.3 is 6.03 Å². The van der Waals surface area contributed by atoms with Crippen LogP contribution in [0.2, 0.25) is 5.02 Å². The lowest BCUT2D eigenvalue weighted by molar-refractivity contribution is -0.122. The second-order valence-corrected chi connectivity index (χ2v) is 5.41. The van der Waals surface area contributed by atoms with Crippen LogP contribution in [0.1, 0.15) is 19.8 Å². The average Bonchev–Trinajstić information content (AvgIpc) is 3.12. The quantitative estimate of drug-likeness (QED) is 0.835. The Labute approximate surface area is 110 Å². The fraction of sp³-hybridized carbons (Fsp3) is 0.385. The summed E-state index contributed by atoms with van der Waals surface area (Å²) in [7, 11) is 0. The largest absolute Gasteiger partial charge is 0.329 e. The highest BCUT2D eigenvalue weighted by Gasteiger charge is 2.56. The Balaban J connectivity index is 2.01. The van der Waals surface area contributed by atoms with Gasteiger partial charge in [0.2, 0.25) is 0 Å². The Morgan fingerprint density at radius 1 is 1.33 bits per heavy atom. The molecule has 1 aliphatic carbocycles. The molecular weight excluding hydrogens is 252 g/mol. The summed E-state index contributed by atoms with van der Waals surface area (Å²) < 4.78 is 0. The van der Waals surface area contributed by atoms with Gasteiger partial charge < -0.3 is 5.32 Å². The van der Waals surface area contributed by atoms with Crippen molar-refractivity contribution in [1.29, 1.82) is 0 Å². The Kier molecular flexibility index (Phi) is 2.38. The lowest BCUT2D eigenvalue weighted by Crippen LogP contribution is -2.46. The number of nitrogens with one attached hydrogen (secondary N) is 1. The number of hydrogen-bond donors (Lipinski definition) is 1. The number of carbonyl (C=O) groups excluding carboxylic acids is 2. The van der Waals surface area contributed by atoms with Crippen molar-refractivity contribution in [2.45, 2.75) is 25.3 Å². The summed E-state index contributed by atoms with van der Waals surface area (Å²) in [6, 6.07) is 6.49. The minimum Gasteiger partial charge on any atom is -0.323 e. The number of anilines is 1. The zero-order valence-electron chi connectivity index (χ0n) is 9.94. The zero-order chi connectivity index (χ0) is 12.9. The molecule has 1 N–H and O–H groups in total. The van der Waals surface area contributed by atoms with E-state index < -0.39 is 5.54 Å². The molecule has 1 unspecified atom stereocenters. The van der Waals surface area contributed by atoms with Crippen LogP contribution < -0.4 is 10.2 Å². The van der Waals surface area contributed by atoms with E-state index in [-0.39, 0.29) is 17.9 Å². The highest BCUT2D eigenvalue weighted by atomic mass is 35.5. The molecule has 1 aromatic rings. The van der Waals surface area contributed by atoms with E-state index in [1.807, 2.05) is 0 Å². The third-order valence-corrected chi connectivity index (χ3v) is 4.02. The summed E-state index contributed by atoms with van der Waals surface area (Å²) in [5.41, 5.74) is -0.318. The molecule has 4 nitrogen and oxygen atoms in total. The van der Waals surface area contributed by atoms with E-state index >= 15 is 0 Å². The van der Waals surface area contributed by atoms with E-state index in [1.54, 1.807) is 31.2 Å². The van der Waals surface area contributed by atoms with Crippen LogP contribution in [0.15, 0.2) is 24.3 Å². The topological polar surface area (TPSA) is 49.4 Å². The molecule has 1 saturated carbocycles. The standard InChI is InChI=1S/C13H13ClN2O2/c1-13(8-6-7-8)11(17)16(12(18)15-13)10-5-3-2-4-9(10)14/h2-5,8H,6-7H2,1H3,(H,15,18). The van der Waals surface area contributed by atoms with Gasteiger partial charge in [-0.1, -0.05) is 23.7 Å². The van der Waals surface area contributed by atoms with Crippen molar-refractivity contribution in [3.63, 3.8) is 0 Å². The molecule has 5 heteroatoms. The zero-order valence-corrected chi connectivity index (χ0v) is 10.7. The Morgan fingerprint density at radius 3 is 2.61 bits per heavy atom. The fourth-order valence-corrected chi connectivity index (χ4v) is 2.67. The van der Waals surface area contributed by atoms with Gasteiger partial charge in [0.1, 0.15) is 5.54 Å². The third kappa shape index (κ3) is 1.52. The van der Waals surface area contributed by atoms with E-state index in [4.69, 9.17) is 11.6 Å². The lowest BCUT2D eigenvalue weighted by Gasteiger charge is -2.21. The van der Waals surface area contributed by atoms with E-state index in [1.165, 1.54) is 0 Å². The van der Waals surface area contributed by atoms with Crippen LogP contribution >= 0.6 is 11.6 Å². The predicted octanol–water partition coefficient (Wildman–Crippen LogP) is 2.56. The van der Waals surface area contributed by atoms with Gasteiger partial charge in [-0.05, 0) is 37.8 Å². The van der Waals surface area contributed by atoms with Gasteiger partial charge in [-0.25, -0.2) is 9.69 Å². The van der Waals surface area contributed by atoms with Crippen molar-refractivity contribution in [1.82, 2.24) is 5.32 Å². The SMILES string of the molecule is CC1(C2CC2)NC(=O)N(c2ccccc2Cl)C1=O. The Bertz CT molecular complexity index is 542. The van der Waals surface area contributed by atoms with Crippen LogP contribution in [-0.4, -0.2) is 17.5 Å². The number of carbonyl (C=O) groups is 2. The molecule has 1 atom stereocenters. The molecule has 0 bridgehead atoms. The summed E-state index contributed by atoms with van der Waals surface area (Å²) >= 11 is 6.05. The monoisotopic (exact) mass is 264 g/mol. The predicted molar refractivity (Wildman–Crippen MR) is 68.6 cm³/mol. The summed E-state index contributed by atoms with van der Waals surface area (Å²) in [6.45, 7) is 1.79. The summed E-state index contributed by atoms with van der Waals surface area (Å²) in [4.78, 5) is 25.6. The molecular formula is C13H13ClN2O2. The molecule has 0 spiro atoms. The summed E-state index contributed by atoms with van der Waals surface area (Å²) in [5, 5.41) is 3.20. The first-order valence-electron chi connectivity index (χ1n) is 5.95. The lowest BCUT2D eigenvalue weighted by atomic mass is 9.96. The maximum Gasteiger partial charge on any atom is 0.329 e. The maximum atomic E-state index is 12.5. The number of para-hydroxylation sites is 1. The van der Waals surface area contributed by atoms with Gasteiger partial charge in [0.15, 0.2) is 0 Å². The molecule has 3 rings (SSSR count). The van der Waals surface area contributed by atoms with Crippen molar-refractivity contribution in [3.8, 4) is 0 Å². The Hall–Kier alpha value is -1.55. The minimum absolute atomic E-state index is 0.205. The molecule has 1 heterocycles. The number of hydrogen-bond acceptors (Lipinski definition) is 2. The normalized spacial score (nSPS) is 27.6. The van der Waals surface area contributed by atoms with Crippen LogP contribution in [0.4, 0.5) is 10.5 Å². The molecule has 1 saturated heterocycles. The second-order valence-electron chi connectivity index (χ2n) is 5.00. The van der Waals surface area contributed by atoms with E-state index in [2.05, 4.69) is 5.32 Å². The van der Waals surface area contributed by atoms with Gasteiger partial charge in [-0.15, -0.1) is 0 Å². The highest BCUT2D eigenvalue weighted by molar-refractivity contribution is 6.36. The number of nitrogens with zero attached hydrogens (tertiary/aromatic N) is 1. The fourth-order valence-electron chi connectivity index (χ4n) is 2.45. The van der Waals surface area contributed by atoms with Crippen molar-refractivity contribution in [2.75, 3.05) is 4.90 Å². The van der Waals surface area contributed by atoms with Crippen molar-refractivity contribution < 1.29 is 9.59 Å². The van der Waals surface area contributed by atoms with Gasteiger partial charge in [0.05, 0.1) is 10.7 Å². The van der Waals surface area contributed by atoms with Gasteiger partial charge in [0, 0.05) is 0 Å². The van der Waals surface area contributed by atoms with Gasteiger partial charge in [0.25, 0.3) is 5.91 Å². The summed E-state index contributed by atoms with van der Waals surface area (Å²) in [5.74, 6) is 0.0459. The molecule has 0 radical (unpaired) electrons. The molecule has 18 heavy (non-hydrogen) atoms. The number of rotatable bonds is 2. The van der Waals surface area contributed by atoms with Crippen LogP contribution in [0.3, 0.4) is 0 Å². The first kappa shape index (κ1) is 11.5. The first-order chi connectivity index (χ1) is 8.54. The molecule has 94 valence electrons. The molecule has 0 aromatic heterocycles. The molecule has 2 fully saturated rings. The van der Waals surface area contributed by atoms with E-state index in [0.29, 0.717) is 10.7 Å². The van der Waals surface area contributed by atoms with Crippen LogP contribution in [0.5, 0.6) is 0 Å². The minimum atomic E-state index is -0.768. The maximum absolute atomic E-state index is 12.5. The molecule has 1 aliphatic heterocycles. The van der Waals surface area contributed by atoms with Crippen molar-refractivity contribution >= 4 is 29.2 Å². The van der Waals surface area contributed by atoms with E-state index in [9.17, 15) is 9.59 Å². The number of halogens is 1. The van der Waals surface area contributed by atoms with Gasteiger partial charge in [-0.2, -0.15) is 0 Å². The average molecular weight is 265 g/mol. The number of urea groups is 1.